The second-order valence-corrected chi connectivity index (χ2v) is 4.12. The molecule has 2 N–H and O–H groups in total. The fourth-order valence-corrected chi connectivity index (χ4v) is 1.99. The molecule has 1 fully saturated rings. The second kappa shape index (κ2) is 5.03. The van der Waals surface area contributed by atoms with Gasteiger partial charge >= 0.3 is 0 Å². The van der Waals surface area contributed by atoms with Crippen LogP contribution in [0.3, 0.4) is 0 Å². The molecule has 0 spiro atoms. The van der Waals surface area contributed by atoms with Crippen molar-refractivity contribution in [2.24, 2.45) is 0 Å². The zero-order valence-electron chi connectivity index (χ0n) is 10.4. The summed E-state index contributed by atoms with van der Waals surface area (Å²) < 4.78 is 0. The number of pyridine rings is 1. The third-order valence-corrected chi connectivity index (χ3v) is 3.03. The van der Waals surface area contributed by atoms with E-state index in [-0.39, 0.29) is 11.8 Å². The lowest BCUT2D eigenvalue weighted by atomic mass is 10.1. The average Bonchev–Trinajstić information content (AvgIpc) is 2.41. The molecule has 1 unspecified atom stereocenters. The summed E-state index contributed by atoms with van der Waals surface area (Å²) in [5, 5.41) is 5.62. The minimum absolute atomic E-state index is 0.121. The summed E-state index contributed by atoms with van der Waals surface area (Å²) in [5.41, 5.74) is 0.488. The number of amides is 2. The normalized spacial score (nSPS) is 19.3. The number of rotatable bonds is 2. The number of anilines is 1. The van der Waals surface area contributed by atoms with Crippen LogP contribution < -0.4 is 10.6 Å². The Morgan fingerprint density at radius 2 is 2.39 bits per heavy atom. The SMILES string of the molecule is CNc1ncccc1C(=O)N1CCNC(=O)C1C. The molecule has 1 atom stereocenters. The van der Waals surface area contributed by atoms with E-state index in [9.17, 15) is 9.59 Å². The topological polar surface area (TPSA) is 74.3 Å². The summed E-state index contributed by atoms with van der Waals surface area (Å²) >= 11 is 0. The van der Waals surface area contributed by atoms with Gasteiger partial charge in [0.15, 0.2) is 0 Å². The first-order chi connectivity index (χ1) is 8.65. The monoisotopic (exact) mass is 248 g/mol. The van der Waals surface area contributed by atoms with Gasteiger partial charge in [0.25, 0.3) is 5.91 Å². The van der Waals surface area contributed by atoms with Gasteiger partial charge in [0.05, 0.1) is 5.56 Å². The van der Waals surface area contributed by atoms with Gasteiger partial charge in [-0.05, 0) is 19.1 Å². The van der Waals surface area contributed by atoms with Crippen LogP contribution in [-0.2, 0) is 4.79 Å². The molecule has 0 aromatic carbocycles. The van der Waals surface area contributed by atoms with Crippen LogP contribution in [0.15, 0.2) is 18.3 Å². The summed E-state index contributed by atoms with van der Waals surface area (Å²) in [6, 6.07) is 2.97. The van der Waals surface area contributed by atoms with E-state index in [1.165, 1.54) is 0 Å². The highest BCUT2D eigenvalue weighted by atomic mass is 16.2. The van der Waals surface area contributed by atoms with E-state index in [1.54, 1.807) is 37.2 Å². The molecule has 18 heavy (non-hydrogen) atoms. The third kappa shape index (κ3) is 2.13. The Bertz CT molecular complexity index is 475. The number of nitrogens with one attached hydrogen (secondary N) is 2. The van der Waals surface area contributed by atoms with Crippen molar-refractivity contribution >= 4 is 17.6 Å². The van der Waals surface area contributed by atoms with Crippen molar-refractivity contribution in [3.8, 4) is 0 Å². The van der Waals surface area contributed by atoms with E-state index in [1.807, 2.05) is 0 Å². The molecule has 2 rings (SSSR count). The summed E-state index contributed by atoms with van der Waals surface area (Å²) in [7, 11) is 1.71. The Hall–Kier alpha value is -2.11. The number of carbonyl (C=O) groups is 2. The third-order valence-electron chi connectivity index (χ3n) is 3.03. The molecule has 0 bridgehead atoms. The highest BCUT2D eigenvalue weighted by Crippen LogP contribution is 2.16. The quantitative estimate of drug-likeness (QED) is 0.777. The molecule has 0 radical (unpaired) electrons. The smallest absolute Gasteiger partial charge is 0.258 e. The predicted octanol–water partition coefficient (Wildman–Crippen LogP) is 0.0838. The first-order valence-corrected chi connectivity index (χ1v) is 5.86. The Morgan fingerprint density at radius 1 is 1.61 bits per heavy atom. The molecule has 1 aliphatic heterocycles. The van der Waals surface area contributed by atoms with E-state index in [4.69, 9.17) is 0 Å². The first-order valence-electron chi connectivity index (χ1n) is 5.86. The largest absolute Gasteiger partial charge is 0.372 e. The van der Waals surface area contributed by atoms with Gasteiger partial charge in [-0.1, -0.05) is 0 Å². The minimum atomic E-state index is -0.448. The number of carbonyl (C=O) groups excluding carboxylic acids is 2. The van der Waals surface area contributed by atoms with Gasteiger partial charge in [0.1, 0.15) is 11.9 Å². The maximum absolute atomic E-state index is 12.4. The van der Waals surface area contributed by atoms with Crippen molar-refractivity contribution in [2.45, 2.75) is 13.0 Å². The van der Waals surface area contributed by atoms with Crippen molar-refractivity contribution in [3.05, 3.63) is 23.9 Å². The van der Waals surface area contributed by atoms with Gasteiger partial charge in [0, 0.05) is 26.3 Å². The molecule has 0 aliphatic carbocycles. The van der Waals surface area contributed by atoms with Crippen LogP contribution in [0.1, 0.15) is 17.3 Å². The van der Waals surface area contributed by atoms with Crippen LogP contribution in [0.25, 0.3) is 0 Å². The number of hydrogen-bond donors (Lipinski definition) is 2. The molecule has 6 heteroatoms. The molecule has 1 aliphatic rings. The Morgan fingerprint density at radius 3 is 3.11 bits per heavy atom. The molecule has 96 valence electrons. The van der Waals surface area contributed by atoms with Crippen LogP contribution in [-0.4, -0.2) is 47.9 Å². The van der Waals surface area contributed by atoms with Crippen LogP contribution >= 0.6 is 0 Å². The maximum Gasteiger partial charge on any atom is 0.258 e. The van der Waals surface area contributed by atoms with E-state index in [0.29, 0.717) is 24.5 Å². The van der Waals surface area contributed by atoms with Gasteiger partial charge in [-0.25, -0.2) is 4.98 Å². The summed E-state index contributed by atoms with van der Waals surface area (Å²) in [6.45, 7) is 2.73. The lowest BCUT2D eigenvalue weighted by molar-refractivity contribution is -0.127. The number of hydrogen-bond acceptors (Lipinski definition) is 4. The molecule has 1 aromatic rings. The summed E-state index contributed by atoms with van der Waals surface area (Å²) in [5.74, 6) is 0.236. The average molecular weight is 248 g/mol. The highest BCUT2D eigenvalue weighted by molar-refractivity contribution is 6.01. The van der Waals surface area contributed by atoms with Crippen molar-refractivity contribution in [2.75, 3.05) is 25.5 Å². The number of aromatic nitrogens is 1. The lowest BCUT2D eigenvalue weighted by Gasteiger charge is -2.33. The van der Waals surface area contributed by atoms with Crippen molar-refractivity contribution in [3.63, 3.8) is 0 Å². The predicted molar refractivity (Wildman–Crippen MR) is 67.3 cm³/mol. The first kappa shape index (κ1) is 12.3. The summed E-state index contributed by atoms with van der Waals surface area (Å²) in [6.07, 6.45) is 1.62. The molecule has 0 saturated carbocycles. The Kier molecular flexibility index (Phi) is 3.45. The zero-order chi connectivity index (χ0) is 13.1. The van der Waals surface area contributed by atoms with Crippen molar-refractivity contribution in [1.82, 2.24) is 15.2 Å². The standard InChI is InChI=1S/C12H16N4O2/c1-8-11(17)15-6-7-16(8)12(18)9-4-3-5-14-10(9)13-2/h3-5,8H,6-7H2,1-2H3,(H,13,14)(H,15,17). The van der Waals surface area contributed by atoms with Crippen LogP contribution in [0.5, 0.6) is 0 Å². The maximum atomic E-state index is 12.4. The molecule has 1 aromatic heterocycles. The van der Waals surface area contributed by atoms with Crippen molar-refractivity contribution in [1.29, 1.82) is 0 Å². The van der Waals surface area contributed by atoms with Gasteiger partial charge in [-0.15, -0.1) is 0 Å². The lowest BCUT2D eigenvalue weighted by Crippen LogP contribution is -2.55. The Labute approximate surface area is 105 Å². The van der Waals surface area contributed by atoms with Gasteiger partial charge < -0.3 is 15.5 Å². The van der Waals surface area contributed by atoms with Crippen LogP contribution in [0.2, 0.25) is 0 Å². The zero-order valence-corrected chi connectivity index (χ0v) is 10.4. The van der Waals surface area contributed by atoms with Crippen LogP contribution in [0.4, 0.5) is 5.82 Å². The molecule has 2 heterocycles. The van der Waals surface area contributed by atoms with Crippen molar-refractivity contribution < 1.29 is 9.59 Å². The molecular weight excluding hydrogens is 232 g/mol. The van der Waals surface area contributed by atoms with E-state index < -0.39 is 6.04 Å². The summed E-state index contributed by atoms with van der Waals surface area (Å²) in [4.78, 5) is 29.6. The number of piperazine rings is 1. The van der Waals surface area contributed by atoms with Crippen LogP contribution in [0, 0.1) is 0 Å². The van der Waals surface area contributed by atoms with E-state index in [0.717, 1.165) is 0 Å². The van der Waals surface area contributed by atoms with E-state index in [2.05, 4.69) is 15.6 Å². The minimum Gasteiger partial charge on any atom is -0.372 e. The fourth-order valence-electron chi connectivity index (χ4n) is 1.99. The molecule has 1 saturated heterocycles. The second-order valence-electron chi connectivity index (χ2n) is 4.12. The Balaban J connectivity index is 2.27. The van der Waals surface area contributed by atoms with Gasteiger partial charge in [0.2, 0.25) is 5.91 Å². The number of nitrogens with zero attached hydrogens (tertiary/aromatic N) is 2. The van der Waals surface area contributed by atoms with Gasteiger partial charge in [-0.3, -0.25) is 9.59 Å². The molecule has 6 nitrogen and oxygen atoms in total. The molecule has 2 amide bonds. The van der Waals surface area contributed by atoms with Gasteiger partial charge in [-0.2, -0.15) is 0 Å². The molecular formula is C12H16N4O2. The highest BCUT2D eigenvalue weighted by Gasteiger charge is 2.30. The van der Waals surface area contributed by atoms with E-state index >= 15 is 0 Å². The fraction of sp³-hybridized carbons (Fsp3) is 0.417.